The molecule has 0 spiro atoms. The quantitative estimate of drug-likeness (QED) is 0.711. The van der Waals surface area contributed by atoms with Crippen molar-refractivity contribution in [1.82, 2.24) is 9.78 Å². The second-order valence-electron chi connectivity index (χ2n) is 3.48. The van der Waals surface area contributed by atoms with Gasteiger partial charge in [0.1, 0.15) is 9.76 Å². The van der Waals surface area contributed by atoms with E-state index in [1.54, 1.807) is 4.68 Å². The highest BCUT2D eigenvalue weighted by atomic mass is 79.9. The van der Waals surface area contributed by atoms with Gasteiger partial charge in [-0.15, -0.1) is 0 Å². The van der Waals surface area contributed by atoms with E-state index < -0.39 is 0 Å². The summed E-state index contributed by atoms with van der Waals surface area (Å²) in [5.41, 5.74) is -0.0916. The molecular formula is C7H9Br2ClN2. The summed E-state index contributed by atoms with van der Waals surface area (Å²) in [5, 5.41) is 4.86. The Morgan fingerprint density at radius 1 is 1.33 bits per heavy atom. The van der Waals surface area contributed by atoms with Crippen molar-refractivity contribution in [2.75, 3.05) is 0 Å². The van der Waals surface area contributed by atoms with Gasteiger partial charge in [0.2, 0.25) is 0 Å². The number of hydrogen-bond acceptors (Lipinski definition) is 1. The van der Waals surface area contributed by atoms with Crippen molar-refractivity contribution >= 4 is 43.5 Å². The maximum Gasteiger partial charge on any atom is 0.143 e. The molecule has 1 aromatic rings. The lowest BCUT2D eigenvalue weighted by atomic mass is 10.1. The van der Waals surface area contributed by atoms with Crippen molar-refractivity contribution in [1.29, 1.82) is 0 Å². The molecule has 5 heteroatoms. The summed E-state index contributed by atoms with van der Waals surface area (Å²) in [7, 11) is 0. The van der Waals surface area contributed by atoms with Crippen LogP contribution in [0.2, 0.25) is 5.15 Å². The zero-order valence-corrected chi connectivity index (χ0v) is 11.0. The molecule has 0 amide bonds. The third-order valence-corrected chi connectivity index (χ3v) is 3.79. The Morgan fingerprint density at radius 3 is 2.00 bits per heavy atom. The van der Waals surface area contributed by atoms with Crippen molar-refractivity contribution < 1.29 is 0 Å². The molecule has 0 bridgehead atoms. The van der Waals surface area contributed by atoms with Gasteiger partial charge in [-0.25, -0.2) is 4.68 Å². The maximum absolute atomic E-state index is 6.02. The summed E-state index contributed by atoms with van der Waals surface area (Å²) < 4.78 is 3.31. The fourth-order valence-corrected chi connectivity index (χ4v) is 1.89. The zero-order chi connectivity index (χ0) is 9.52. The molecule has 0 unspecified atom stereocenters. The third kappa shape index (κ3) is 1.86. The first-order valence-corrected chi connectivity index (χ1v) is 5.40. The smallest absolute Gasteiger partial charge is 0.143 e. The standard InChI is InChI=1S/C7H9Br2ClN2/c1-7(2,3)12-6(10)4(8)5(9)11-12/h1-3H3. The van der Waals surface area contributed by atoms with Crippen molar-refractivity contribution in [2.24, 2.45) is 0 Å². The molecule has 0 aliphatic heterocycles. The van der Waals surface area contributed by atoms with E-state index in [4.69, 9.17) is 11.6 Å². The van der Waals surface area contributed by atoms with E-state index in [1.165, 1.54) is 0 Å². The highest BCUT2D eigenvalue weighted by Crippen LogP contribution is 2.33. The van der Waals surface area contributed by atoms with Crippen LogP contribution in [-0.4, -0.2) is 9.78 Å². The Bertz CT molecular complexity index is 301. The van der Waals surface area contributed by atoms with Crippen LogP contribution in [-0.2, 0) is 5.54 Å². The van der Waals surface area contributed by atoms with Gasteiger partial charge in [-0.1, -0.05) is 11.6 Å². The van der Waals surface area contributed by atoms with Crippen LogP contribution in [0.4, 0.5) is 0 Å². The summed E-state index contributed by atoms with van der Waals surface area (Å²) in [4.78, 5) is 0. The minimum absolute atomic E-state index is 0.0916. The van der Waals surface area contributed by atoms with Crippen LogP contribution in [0.5, 0.6) is 0 Å². The molecule has 0 aliphatic rings. The molecular weight excluding hydrogens is 307 g/mol. The van der Waals surface area contributed by atoms with Crippen molar-refractivity contribution in [2.45, 2.75) is 26.3 Å². The molecule has 0 aromatic carbocycles. The minimum Gasteiger partial charge on any atom is -0.246 e. The highest BCUT2D eigenvalue weighted by Gasteiger charge is 2.21. The lowest BCUT2D eigenvalue weighted by molar-refractivity contribution is 0.355. The van der Waals surface area contributed by atoms with Crippen LogP contribution in [0.3, 0.4) is 0 Å². The predicted octanol–water partition coefficient (Wildman–Crippen LogP) is 3.82. The average Bonchev–Trinajstić information content (AvgIpc) is 2.15. The lowest BCUT2D eigenvalue weighted by Gasteiger charge is -2.19. The molecule has 0 aliphatic carbocycles. The Hall–Kier alpha value is 0.460. The number of hydrogen-bond donors (Lipinski definition) is 0. The van der Waals surface area contributed by atoms with E-state index in [1.807, 2.05) is 20.8 Å². The zero-order valence-electron chi connectivity index (χ0n) is 7.03. The fraction of sp³-hybridized carbons (Fsp3) is 0.571. The second-order valence-corrected chi connectivity index (χ2v) is 5.38. The van der Waals surface area contributed by atoms with Gasteiger partial charge in [-0.05, 0) is 52.6 Å². The molecule has 1 heterocycles. The normalized spacial score (nSPS) is 12.2. The molecule has 2 nitrogen and oxygen atoms in total. The highest BCUT2D eigenvalue weighted by molar-refractivity contribution is 9.13. The minimum atomic E-state index is -0.0916. The first kappa shape index (κ1) is 10.5. The number of halogens is 3. The third-order valence-electron chi connectivity index (χ3n) is 1.37. The molecule has 0 radical (unpaired) electrons. The van der Waals surface area contributed by atoms with Crippen LogP contribution in [0, 0.1) is 0 Å². The Kier molecular flexibility index (Phi) is 2.91. The van der Waals surface area contributed by atoms with Crippen LogP contribution in [0.1, 0.15) is 20.8 Å². The molecule has 12 heavy (non-hydrogen) atoms. The number of nitrogens with zero attached hydrogens (tertiary/aromatic N) is 2. The monoisotopic (exact) mass is 314 g/mol. The largest absolute Gasteiger partial charge is 0.246 e. The summed E-state index contributed by atoms with van der Waals surface area (Å²) in [6.45, 7) is 6.14. The molecule has 68 valence electrons. The van der Waals surface area contributed by atoms with Crippen molar-refractivity contribution in [3.8, 4) is 0 Å². The van der Waals surface area contributed by atoms with E-state index in [-0.39, 0.29) is 5.54 Å². The topological polar surface area (TPSA) is 17.8 Å². The molecule has 0 saturated carbocycles. The summed E-state index contributed by atoms with van der Waals surface area (Å²) in [6, 6.07) is 0. The SMILES string of the molecule is CC(C)(C)n1nc(Br)c(Br)c1Cl. The van der Waals surface area contributed by atoms with Gasteiger partial charge in [0.15, 0.2) is 0 Å². The number of aromatic nitrogens is 2. The van der Waals surface area contributed by atoms with E-state index in [0.29, 0.717) is 5.15 Å². The van der Waals surface area contributed by atoms with Gasteiger partial charge in [0.05, 0.1) is 10.0 Å². The Balaban J connectivity index is 3.28. The number of rotatable bonds is 0. The van der Waals surface area contributed by atoms with Crippen LogP contribution < -0.4 is 0 Å². The van der Waals surface area contributed by atoms with Gasteiger partial charge in [0.25, 0.3) is 0 Å². The van der Waals surface area contributed by atoms with Gasteiger partial charge < -0.3 is 0 Å². The van der Waals surface area contributed by atoms with Gasteiger partial charge in [-0.2, -0.15) is 5.10 Å². The van der Waals surface area contributed by atoms with E-state index in [2.05, 4.69) is 37.0 Å². The molecule has 1 rings (SSSR count). The lowest BCUT2D eigenvalue weighted by Crippen LogP contribution is -2.23. The predicted molar refractivity (Wildman–Crippen MR) is 57.6 cm³/mol. The Morgan fingerprint density at radius 2 is 1.83 bits per heavy atom. The van der Waals surface area contributed by atoms with Crippen molar-refractivity contribution in [3.05, 3.63) is 14.2 Å². The Labute approximate surface area is 93.5 Å². The second kappa shape index (κ2) is 3.31. The molecule has 0 fully saturated rings. The van der Waals surface area contributed by atoms with Crippen LogP contribution in [0.15, 0.2) is 9.08 Å². The fourth-order valence-electron chi connectivity index (χ4n) is 0.798. The molecule has 0 saturated heterocycles. The van der Waals surface area contributed by atoms with Crippen LogP contribution in [0.25, 0.3) is 0 Å². The first-order chi connectivity index (χ1) is 5.34. The average molecular weight is 316 g/mol. The van der Waals surface area contributed by atoms with Crippen LogP contribution >= 0.6 is 43.5 Å². The van der Waals surface area contributed by atoms with E-state index in [9.17, 15) is 0 Å². The van der Waals surface area contributed by atoms with Crippen molar-refractivity contribution in [3.63, 3.8) is 0 Å². The molecule has 0 N–H and O–H groups in total. The summed E-state index contributed by atoms with van der Waals surface area (Å²) in [5.74, 6) is 0. The maximum atomic E-state index is 6.02. The molecule has 0 atom stereocenters. The van der Waals surface area contributed by atoms with E-state index >= 15 is 0 Å². The van der Waals surface area contributed by atoms with Gasteiger partial charge in [0, 0.05) is 0 Å². The first-order valence-electron chi connectivity index (χ1n) is 3.44. The van der Waals surface area contributed by atoms with Gasteiger partial charge in [-0.3, -0.25) is 0 Å². The summed E-state index contributed by atoms with van der Waals surface area (Å²) in [6.07, 6.45) is 0. The summed E-state index contributed by atoms with van der Waals surface area (Å²) >= 11 is 12.6. The van der Waals surface area contributed by atoms with E-state index in [0.717, 1.165) is 9.08 Å². The van der Waals surface area contributed by atoms with Gasteiger partial charge >= 0.3 is 0 Å². The molecule has 1 aromatic heterocycles.